The number of piperidine rings is 1. The Morgan fingerprint density at radius 2 is 1.74 bits per heavy atom. The molecule has 2 aliphatic rings. The molecule has 0 bridgehead atoms. The normalized spacial score (nSPS) is 16.7. The minimum atomic E-state index is 0.282. The van der Waals surface area contributed by atoms with Crippen LogP contribution in [0.15, 0.2) is 42.5 Å². The minimum Gasteiger partial charge on any atom is -0.494 e. The van der Waals surface area contributed by atoms with Gasteiger partial charge in [0.05, 0.1) is 17.6 Å². The fraction of sp³-hybridized carbons (Fsp3) is 0.517. The van der Waals surface area contributed by atoms with E-state index in [2.05, 4.69) is 52.3 Å². The predicted octanol–water partition coefficient (Wildman–Crippen LogP) is 5.12. The van der Waals surface area contributed by atoms with Crippen LogP contribution in [0.25, 0.3) is 11.0 Å². The van der Waals surface area contributed by atoms with Crippen LogP contribution in [0.3, 0.4) is 0 Å². The van der Waals surface area contributed by atoms with E-state index in [4.69, 9.17) is 9.72 Å². The molecule has 35 heavy (non-hydrogen) atoms. The van der Waals surface area contributed by atoms with Gasteiger partial charge in [0.25, 0.3) is 0 Å². The molecular weight excluding hydrogens is 436 g/mol. The number of ether oxygens (including phenoxy) is 1. The minimum absolute atomic E-state index is 0.282. The Morgan fingerprint density at radius 3 is 2.60 bits per heavy atom. The van der Waals surface area contributed by atoms with Crippen molar-refractivity contribution in [3.63, 3.8) is 0 Å². The molecule has 2 saturated heterocycles. The number of hydrogen-bond acceptors (Lipinski definition) is 4. The molecule has 1 N–H and O–H groups in total. The lowest BCUT2D eigenvalue weighted by atomic mass is 10.1. The molecule has 1 amide bonds. The van der Waals surface area contributed by atoms with Crippen LogP contribution >= 0.6 is 0 Å². The zero-order valence-electron chi connectivity index (χ0n) is 20.8. The SMILES string of the molecule is O=C(CCc1ccc2nc(CCCOc3cccc(CN4CCCCC4)c3)[nH]c2c1)N1CCCC1. The number of rotatable bonds is 10. The van der Waals surface area contributed by atoms with Gasteiger partial charge in [-0.1, -0.05) is 24.6 Å². The molecule has 0 atom stereocenters. The molecule has 0 aliphatic carbocycles. The summed E-state index contributed by atoms with van der Waals surface area (Å²) in [5.74, 6) is 2.23. The van der Waals surface area contributed by atoms with E-state index in [0.29, 0.717) is 13.0 Å². The third kappa shape index (κ3) is 6.63. The first kappa shape index (κ1) is 23.9. The third-order valence-corrected chi connectivity index (χ3v) is 7.26. The summed E-state index contributed by atoms with van der Waals surface area (Å²) in [5.41, 5.74) is 4.56. The molecule has 2 fully saturated rings. The van der Waals surface area contributed by atoms with Crippen molar-refractivity contribution in [2.75, 3.05) is 32.8 Å². The maximum atomic E-state index is 12.3. The number of imidazole rings is 1. The smallest absolute Gasteiger partial charge is 0.222 e. The molecule has 0 saturated carbocycles. The van der Waals surface area contributed by atoms with Crippen LogP contribution in [-0.4, -0.2) is 58.5 Å². The molecule has 0 radical (unpaired) electrons. The lowest BCUT2D eigenvalue weighted by molar-refractivity contribution is -0.130. The highest BCUT2D eigenvalue weighted by molar-refractivity contribution is 5.78. The molecule has 2 aliphatic heterocycles. The number of aryl methyl sites for hydroxylation is 2. The second-order valence-electron chi connectivity index (χ2n) is 10.1. The molecule has 3 heterocycles. The van der Waals surface area contributed by atoms with Crippen LogP contribution in [0.4, 0.5) is 0 Å². The number of aromatic nitrogens is 2. The zero-order chi connectivity index (χ0) is 23.9. The summed E-state index contributed by atoms with van der Waals surface area (Å²) in [6.07, 6.45) is 9.42. The first-order valence-corrected chi connectivity index (χ1v) is 13.4. The number of amides is 1. The Kier molecular flexibility index (Phi) is 7.99. The lowest BCUT2D eigenvalue weighted by Crippen LogP contribution is -2.29. The van der Waals surface area contributed by atoms with E-state index in [1.807, 2.05) is 4.90 Å². The highest BCUT2D eigenvalue weighted by Gasteiger charge is 2.17. The Bertz CT molecular complexity index is 1110. The Labute approximate surface area is 208 Å². The number of nitrogens with zero attached hydrogens (tertiary/aromatic N) is 3. The molecule has 186 valence electrons. The highest BCUT2D eigenvalue weighted by Crippen LogP contribution is 2.19. The second-order valence-corrected chi connectivity index (χ2v) is 10.1. The monoisotopic (exact) mass is 474 g/mol. The van der Waals surface area contributed by atoms with E-state index < -0.39 is 0 Å². The van der Waals surface area contributed by atoms with Crippen LogP contribution < -0.4 is 4.74 Å². The van der Waals surface area contributed by atoms with Gasteiger partial charge >= 0.3 is 0 Å². The summed E-state index contributed by atoms with van der Waals surface area (Å²) in [7, 11) is 0. The molecule has 6 heteroatoms. The maximum Gasteiger partial charge on any atom is 0.222 e. The Morgan fingerprint density at radius 1 is 0.914 bits per heavy atom. The van der Waals surface area contributed by atoms with Gasteiger partial charge in [0.1, 0.15) is 11.6 Å². The summed E-state index contributed by atoms with van der Waals surface area (Å²) in [6.45, 7) is 5.96. The number of carbonyl (C=O) groups is 1. The number of nitrogens with one attached hydrogen (secondary N) is 1. The molecule has 2 aromatic carbocycles. The Hall–Kier alpha value is -2.86. The van der Waals surface area contributed by atoms with Gasteiger partial charge in [-0.3, -0.25) is 9.69 Å². The molecule has 0 spiro atoms. The number of carbonyl (C=O) groups excluding carboxylic acids is 1. The van der Waals surface area contributed by atoms with Crippen molar-refractivity contribution >= 4 is 16.9 Å². The molecule has 5 rings (SSSR count). The summed E-state index contributed by atoms with van der Waals surface area (Å²) < 4.78 is 6.05. The fourth-order valence-corrected chi connectivity index (χ4v) is 5.30. The van der Waals surface area contributed by atoms with Gasteiger partial charge in [0.2, 0.25) is 5.91 Å². The number of benzene rings is 2. The summed E-state index contributed by atoms with van der Waals surface area (Å²) in [4.78, 5) is 25.1. The highest BCUT2D eigenvalue weighted by atomic mass is 16.5. The van der Waals surface area contributed by atoms with E-state index >= 15 is 0 Å². The van der Waals surface area contributed by atoms with Gasteiger partial charge in [-0.05, 0) is 87.0 Å². The van der Waals surface area contributed by atoms with Gasteiger partial charge in [-0.2, -0.15) is 0 Å². The Balaban J connectivity index is 1.07. The van der Waals surface area contributed by atoms with E-state index in [9.17, 15) is 4.79 Å². The van der Waals surface area contributed by atoms with E-state index in [-0.39, 0.29) is 5.91 Å². The number of aromatic amines is 1. The van der Waals surface area contributed by atoms with Gasteiger partial charge in [0.15, 0.2) is 0 Å². The quantitative estimate of drug-likeness (QED) is 0.415. The topological polar surface area (TPSA) is 61.5 Å². The molecule has 3 aromatic rings. The molecular formula is C29H38N4O2. The molecule has 6 nitrogen and oxygen atoms in total. The lowest BCUT2D eigenvalue weighted by Gasteiger charge is -2.26. The van der Waals surface area contributed by atoms with Crippen molar-refractivity contribution in [3.8, 4) is 5.75 Å². The van der Waals surface area contributed by atoms with Crippen LogP contribution in [0, 0.1) is 0 Å². The van der Waals surface area contributed by atoms with E-state index in [0.717, 1.165) is 74.3 Å². The number of H-pyrrole nitrogens is 1. The summed E-state index contributed by atoms with van der Waals surface area (Å²) >= 11 is 0. The van der Waals surface area contributed by atoms with Crippen LogP contribution in [0.2, 0.25) is 0 Å². The maximum absolute atomic E-state index is 12.3. The second kappa shape index (κ2) is 11.7. The van der Waals surface area contributed by atoms with Gasteiger partial charge < -0.3 is 14.6 Å². The van der Waals surface area contributed by atoms with Crippen molar-refractivity contribution < 1.29 is 9.53 Å². The summed E-state index contributed by atoms with van der Waals surface area (Å²) in [6, 6.07) is 14.9. The van der Waals surface area contributed by atoms with Gasteiger partial charge in [-0.25, -0.2) is 4.98 Å². The van der Waals surface area contributed by atoms with Crippen molar-refractivity contribution in [3.05, 3.63) is 59.4 Å². The first-order chi connectivity index (χ1) is 17.2. The van der Waals surface area contributed by atoms with Crippen molar-refractivity contribution in [2.24, 2.45) is 0 Å². The van der Waals surface area contributed by atoms with Crippen molar-refractivity contribution in [2.45, 2.75) is 64.3 Å². The zero-order valence-corrected chi connectivity index (χ0v) is 20.8. The van der Waals surface area contributed by atoms with Gasteiger partial charge in [0, 0.05) is 32.5 Å². The van der Waals surface area contributed by atoms with Crippen molar-refractivity contribution in [1.82, 2.24) is 19.8 Å². The number of hydrogen-bond donors (Lipinski definition) is 1. The van der Waals surface area contributed by atoms with E-state index in [1.165, 1.54) is 43.5 Å². The van der Waals surface area contributed by atoms with Crippen molar-refractivity contribution in [1.29, 1.82) is 0 Å². The number of fused-ring (bicyclic) bond motifs is 1. The average molecular weight is 475 g/mol. The largest absolute Gasteiger partial charge is 0.494 e. The van der Waals surface area contributed by atoms with Crippen LogP contribution in [0.5, 0.6) is 5.75 Å². The summed E-state index contributed by atoms with van der Waals surface area (Å²) in [5, 5.41) is 0. The fourth-order valence-electron chi connectivity index (χ4n) is 5.30. The molecule has 0 unspecified atom stereocenters. The average Bonchev–Trinajstić information content (AvgIpc) is 3.56. The van der Waals surface area contributed by atoms with E-state index in [1.54, 1.807) is 0 Å². The van der Waals surface area contributed by atoms with Gasteiger partial charge in [-0.15, -0.1) is 0 Å². The van der Waals surface area contributed by atoms with Crippen LogP contribution in [-0.2, 0) is 24.2 Å². The first-order valence-electron chi connectivity index (χ1n) is 13.4. The predicted molar refractivity (Wildman–Crippen MR) is 140 cm³/mol. The standard InChI is InChI=1S/C29H38N4O2/c34-29(33-17-4-5-18-33)14-12-23-11-13-26-27(21-23)31-28(30-26)10-7-19-35-25-9-6-8-24(20-25)22-32-15-2-1-3-16-32/h6,8-9,11,13,20-21H,1-5,7,10,12,14-19,22H2,(H,30,31). The van der Waals surface area contributed by atoms with Crippen LogP contribution in [0.1, 0.15) is 61.9 Å². The third-order valence-electron chi connectivity index (χ3n) is 7.26. The number of likely N-dealkylation sites (tertiary alicyclic amines) is 2. The molecule has 1 aromatic heterocycles.